The molecule has 0 unspecified atom stereocenters. The van der Waals surface area contributed by atoms with E-state index in [1.165, 1.54) is 29.5 Å². The van der Waals surface area contributed by atoms with Crippen LogP contribution in [0.1, 0.15) is 6.92 Å². The average molecular weight is 323 g/mol. The minimum Gasteiger partial charge on any atom is -0.494 e. The molecule has 3 rings (SSSR count). The van der Waals surface area contributed by atoms with Gasteiger partial charge < -0.3 is 10.1 Å². The van der Waals surface area contributed by atoms with Gasteiger partial charge in [0, 0.05) is 0 Å². The van der Waals surface area contributed by atoms with Crippen LogP contribution in [-0.4, -0.2) is 11.6 Å². The van der Waals surface area contributed by atoms with E-state index in [-0.39, 0.29) is 5.82 Å². The third-order valence-electron chi connectivity index (χ3n) is 2.84. The highest BCUT2D eigenvalue weighted by atomic mass is 35.5. The molecule has 6 heteroatoms. The first-order valence-corrected chi connectivity index (χ1v) is 7.60. The SMILES string of the molecule is CCOc1ccc2nc(Nc3cc(F)ccc3Cl)sc2c1. The lowest BCUT2D eigenvalue weighted by molar-refractivity contribution is 0.341. The maximum absolute atomic E-state index is 13.3. The fourth-order valence-corrected chi connectivity index (χ4v) is 2.99. The van der Waals surface area contributed by atoms with E-state index in [9.17, 15) is 4.39 Å². The van der Waals surface area contributed by atoms with Crippen molar-refractivity contribution in [2.24, 2.45) is 0 Å². The van der Waals surface area contributed by atoms with Gasteiger partial charge in [0.1, 0.15) is 11.6 Å². The fourth-order valence-electron chi connectivity index (χ4n) is 1.92. The standard InChI is InChI=1S/C15H12ClFN2OS/c1-2-20-10-4-6-12-14(8-10)21-15(18-12)19-13-7-9(17)3-5-11(13)16/h3-8H,2H2,1H3,(H,18,19). The molecule has 0 aliphatic rings. The van der Waals surface area contributed by atoms with E-state index in [1.807, 2.05) is 25.1 Å². The Balaban J connectivity index is 1.92. The molecule has 2 aromatic carbocycles. The minimum absolute atomic E-state index is 0.346. The summed E-state index contributed by atoms with van der Waals surface area (Å²) >= 11 is 7.50. The minimum atomic E-state index is -0.346. The van der Waals surface area contributed by atoms with Crippen molar-refractivity contribution >= 4 is 44.0 Å². The Kier molecular flexibility index (Phi) is 3.94. The smallest absolute Gasteiger partial charge is 0.188 e. The summed E-state index contributed by atoms with van der Waals surface area (Å²) in [6.45, 7) is 2.56. The highest BCUT2D eigenvalue weighted by Crippen LogP contribution is 2.33. The molecule has 3 nitrogen and oxygen atoms in total. The maximum atomic E-state index is 13.3. The van der Waals surface area contributed by atoms with Crippen LogP contribution in [0.2, 0.25) is 5.02 Å². The summed E-state index contributed by atoms with van der Waals surface area (Å²) in [6, 6.07) is 9.90. The first-order chi connectivity index (χ1) is 10.2. The molecule has 0 aliphatic carbocycles. The van der Waals surface area contributed by atoms with E-state index in [2.05, 4.69) is 10.3 Å². The van der Waals surface area contributed by atoms with Crippen LogP contribution in [-0.2, 0) is 0 Å². The predicted octanol–water partition coefficient (Wildman–Crippen LogP) is 5.23. The molecule has 0 fully saturated rings. The number of hydrogen-bond acceptors (Lipinski definition) is 4. The highest BCUT2D eigenvalue weighted by molar-refractivity contribution is 7.22. The van der Waals surface area contributed by atoms with E-state index in [0.29, 0.717) is 22.4 Å². The Labute approximate surface area is 130 Å². The zero-order valence-electron chi connectivity index (χ0n) is 11.2. The third-order valence-corrected chi connectivity index (χ3v) is 4.10. The van der Waals surface area contributed by atoms with Gasteiger partial charge in [0.25, 0.3) is 0 Å². The van der Waals surface area contributed by atoms with Crippen LogP contribution < -0.4 is 10.1 Å². The van der Waals surface area contributed by atoms with E-state index >= 15 is 0 Å². The van der Waals surface area contributed by atoms with Gasteiger partial charge in [-0.25, -0.2) is 9.37 Å². The summed E-state index contributed by atoms with van der Waals surface area (Å²) in [4.78, 5) is 4.45. The van der Waals surface area contributed by atoms with Crippen molar-refractivity contribution in [3.63, 3.8) is 0 Å². The molecule has 0 aliphatic heterocycles. The molecule has 0 spiro atoms. The van der Waals surface area contributed by atoms with E-state index < -0.39 is 0 Å². The number of thiazole rings is 1. The molecule has 21 heavy (non-hydrogen) atoms. The van der Waals surface area contributed by atoms with Gasteiger partial charge in [0.15, 0.2) is 5.13 Å². The topological polar surface area (TPSA) is 34.1 Å². The Morgan fingerprint density at radius 1 is 1.29 bits per heavy atom. The van der Waals surface area contributed by atoms with Crippen LogP contribution in [0.25, 0.3) is 10.2 Å². The van der Waals surface area contributed by atoms with Gasteiger partial charge in [0.05, 0.1) is 27.5 Å². The first-order valence-electron chi connectivity index (χ1n) is 6.41. The van der Waals surface area contributed by atoms with Crippen LogP contribution in [0.4, 0.5) is 15.2 Å². The van der Waals surface area contributed by atoms with Crippen molar-refractivity contribution in [2.45, 2.75) is 6.92 Å². The molecule has 3 aromatic rings. The van der Waals surface area contributed by atoms with Gasteiger partial charge in [-0.15, -0.1) is 0 Å². The lowest BCUT2D eigenvalue weighted by Crippen LogP contribution is -1.91. The summed E-state index contributed by atoms with van der Waals surface area (Å²) in [5.74, 6) is 0.464. The number of halogens is 2. The molecule has 0 amide bonds. The maximum Gasteiger partial charge on any atom is 0.188 e. The predicted molar refractivity (Wildman–Crippen MR) is 85.5 cm³/mol. The Morgan fingerprint density at radius 2 is 2.14 bits per heavy atom. The van der Waals surface area contributed by atoms with Crippen LogP contribution in [0.15, 0.2) is 36.4 Å². The summed E-state index contributed by atoms with van der Waals surface area (Å²) < 4.78 is 19.7. The molecule has 0 saturated heterocycles. The molecule has 108 valence electrons. The van der Waals surface area contributed by atoms with Gasteiger partial charge in [-0.3, -0.25) is 0 Å². The second-order valence-electron chi connectivity index (χ2n) is 4.33. The fraction of sp³-hybridized carbons (Fsp3) is 0.133. The molecule has 1 N–H and O–H groups in total. The van der Waals surface area contributed by atoms with Crippen LogP contribution >= 0.6 is 22.9 Å². The second-order valence-corrected chi connectivity index (χ2v) is 5.77. The number of benzene rings is 2. The van der Waals surface area contributed by atoms with Crippen molar-refractivity contribution in [2.75, 3.05) is 11.9 Å². The average Bonchev–Trinajstić information content (AvgIpc) is 2.85. The first kappa shape index (κ1) is 14.1. The Hall–Kier alpha value is -1.85. The molecule has 1 heterocycles. The van der Waals surface area contributed by atoms with Gasteiger partial charge in [-0.05, 0) is 43.3 Å². The molecule has 0 atom stereocenters. The van der Waals surface area contributed by atoms with Gasteiger partial charge in [0.2, 0.25) is 0 Å². The van der Waals surface area contributed by atoms with Gasteiger partial charge >= 0.3 is 0 Å². The number of ether oxygens (including phenoxy) is 1. The number of fused-ring (bicyclic) bond motifs is 1. The molecule has 1 aromatic heterocycles. The Bertz CT molecular complexity index is 790. The number of aromatic nitrogens is 1. The van der Waals surface area contributed by atoms with Crippen molar-refractivity contribution in [3.05, 3.63) is 47.2 Å². The largest absolute Gasteiger partial charge is 0.494 e. The summed E-state index contributed by atoms with van der Waals surface area (Å²) in [5, 5.41) is 4.16. The van der Waals surface area contributed by atoms with Gasteiger partial charge in [-0.2, -0.15) is 0 Å². The summed E-state index contributed by atoms with van der Waals surface area (Å²) in [7, 11) is 0. The van der Waals surface area contributed by atoms with Gasteiger partial charge in [-0.1, -0.05) is 22.9 Å². The lowest BCUT2D eigenvalue weighted by atomic mass is 10.3. The van der Waals surface area contributed by atoms with Crippen molar-refractivity contribution in [3.8, 4) is 5.75 Å². The number of nitrogens with one attached hydrogen (secondary N) is 1. The highest BCUT2D eigenvalue weighted by Gasteiger charge is 2.08. The van der Waals surface area contributed by atoms with Crippen LogP contribution in [0, 0.1) is 5.82 Å². The quantitative estimate of drug-likeness (QED) is 0.714. The molecular weight excluding hydrogens is 311 g/mol. The molecule has 0 bridgehead atoms. The van der Waals surface area contributed by atoms with E-state index in [1.54, 1.807) is 0 Å². The summed E-state index contributed by atoms with van der Waals surface area (Å²) in [6.07, 6.45) is 0. The lowest BCUT2D eigenvalue weighted by Gasteiger charge is -2.04. The van der Waals surface area contributed by atoms with Crippen molar-refractivity contribution in [1.82, 2.24) is 4.98 Å². The molecular formula is C15H12ClFN2OS. The summed E-state index contributed by atoms with van der Waals surface area (Å²) in [5.41, 5.74) is 1.36. The molecule has 0 saturated carbocycles. The third kappa shape index (κ3) is 3.09. The molecule has 0 radical (unpaired) electrons. The number of nitrogens with zero attached hydrogens (tertiary/aromatic N) is 1. The van der Waals surface area contributed by atoms with Crippen LogP contribution in [0.3, 0.4) is 0 Å². The zero-order chi connectivity index (χ0) is 14.8. The Morgan fingerprint density at radius 3 is 2.95 bits per heavy atom. The second kappa shape index (κ2) is 5.87. The van der Waals surface area contributed by atoms with E-state index in [4.69, 9.17) is 16.3 Å². The zero-order valence-corrected chi connectivity index (χ0v) is 12.8. The number of rotatable bonds is 4. The number of hydrogen-bond donors (Lipinski definition) is 1. The normalized spacial score (nSPS) is 10.8. The van der Waals surface area contributed by atoms with Crippen molar-refractivity contribution < 1.29 is 9.13 Å². The monoisotopic (exact) mass is 322 g/mol. The van der Waals surface area contributed by atoms with E-state index in [0.717, 1.165) is 16.0 Å². The van der Waals surface area contributed by atoms with Crippen molar-refractivity contribution in [1.29, 1.82) is 0 Å². The number of anilines is 2. The van der Waals surface area contributed by atoms with Crippen LogP contribution in [0.5, 0.6) is 5.75 Å².